The van der Waals surface area contributed by atoms with E-state index in [9.17, 15) is 4.79 Å². The smallest absolute Gasteiger partial charge is 0.272 e. The molecular weight excluding hydrogens is 254 g/mol. The molecule has 0 bridgehead atoms. The van der Waals surface area contributed by atoms with E-state index in [1.807, 2.05) is 18.3 Å². The molecular formula is C14H17N5O. The lowest BCUT2D eigenvalue weighted by Crippen LogP contribution is -2.31. The van der Waals surface area contributed by atoms with E-state index in [1.165, 1.54) is 6.33 Å². The first-order valence-corrected chi connectivity index (χ1v) is 6.78. The average Bonchev–Trinajstić information content (AvgIpc) is 2.99. The van der Waals surface area contributed by atoms with Crippen LogP contribution in [0.15, 0.2) is 37.1 Å². The van der Waals surface area contributed by atoms with Gasteiger partial charge in [-0.3, -0.25) is 4.79 Å². The van der Waals surface area contributed by atoms with Crippen molar-refractivity contribution in [2.24, 2.45) is 0 Å². The fourth-order valence-corrected chi connectivity index (χ4v) is 2.55. The molecule has 1 aliphatic rings. The van der Waals surface area contributed by atoms with Crippen molar-refractivity contribution in [3.05, 3.63) is 42.7 Å². The maximum absolute atomic E-state index is 12.3. The summed E-state index contributed by atoms with van der Waals surface area (Å²) >= 11 is 0. The van der Waals surface area contributed by atoms with Gasteiger partial charge in [0.25, 0.3) is 5.91 Å². The number of aromatic nitrogens is 3. The third kappa shape index (κ3) is 2.70. The monoisotopic (exact) mass is 271 g/mol. The van der Waals surface area contributed by atoms with Gasteiger partial charge in [0.1, 0.15) is 12.0 Å². The predicted molar refractivity (Wildman–Crippen MR) is 75.6 cm³/mol. The third-order valence-corrected chi connectivity index (χ3v) is 3.53. The molecule has 20 heavy (non-hydrogen) atoms. The molecule has 0 radical (unpaired) electrons. The Kier molecular flexibility index (Phi) is 3.73. The Morgan fingerprint density at radius 2 is 2.05 bits per heavy atom. The number of piperidine rings is 1. The topological polar surface area (TPSA) is 71.8 Å². The molecule has 3 heterocycles. The molecule has 0 unspecified atom stereocenters. The van der Waals surface area contributed by atoms with Gasteiger partial charge in [-0.25, -0.2) is 9.97 Å². The summed E-state index contributed by atoms with van der Waals surface area (Å²) in [5, 5.41) is 6.16. The van der Waals surface area contributed by atoms with Crippen molar-refractivity contribution in [1.29, 1.82) is 0 Å². The lowest BCUT2D eigenvalue weighted by Gasteiger charge is -2.25. The molecule has 1 amide bonds. The number of nitrogens with zero attached hydrogens (tertiary/aromatic N) is 3. The average molecular weight is 271 g/mol. The van der Waals surface area contributed by atoms with Crippen molar-refractivity contribution in [3.63, 3.8) is 0 Å². The number of anilines is 1. The molecule has 0 aliphatic carbocycles. The number of hydrogen-bond acceptors (Lipinski definition) is 4. The molecule has 1 fully saturated rings. The Morgan fingerprint density at radius 3 is 2.80 bits per heavy atom. The zero-order valence-corrected chi connectivity index (χ0v) is 11.1. The van der Waals surface area contributed by atoms with Gasteiger partial charge in [0.2, 0.25) is 0 Å². The molecule has 6 heteroatoms. The second-order valence-corrected chi connectivity index (χ2v) is 4.86. The fraction of sp³-hybridized carbons (Fsp3) is 0.357. The summed E-state index contributed by atoms with van der Waals surface area (Å²) in [5.41, 5.74) is 1.29. The van der Waals surface area contributed by atoms with Crippen LogP contribution in [0, 0.1) is 0 Å². The summed E-state index contributed by atoms with van der Waals surface area (Å²) in [6.45, 7) is 1.99. The number of hydrogen-bond donors (Lipinski definition) is 2. The van der Waals surface area contributed by atoms with Crippen molar-refractivity contribution >= 4 is 11.6 Å². The van der Waals surface area contributed by atoms with Crippen LogP contribution in [0.3, 0.4) is 0 Å². The number of amides is 1. The van der Waals surface area contributed by atoms with Gasteiger partial charge in [-0.1, -0.05) is 0 Å². The van der Waals surface area contributed by atoms with E-state index in [0.29, 0.717) is 17.4 Å². The maximum atomic E-state index is 12.3. The Hall–Kier alpha value is -2.21. The largest absolute Gasteiger partial charge is 0.340 e. The van der Waals surface area contributed by atoms with Crippen LogP contribution in [0.2, 0.25) is 0 Å². The van der Waals surface area contributed by atoms with E-state index in [0.717, 1.165) is 25.9 Å². The van der Waals surface area contributed by atoms with Crippen LogP contribution in [0.25, 0.3) is 0 Å². The lowest BCUT2D eigenvalue weighted by atomic mass is 10.1. The normalized spacial score (nSPS) is 16.0. The van der Waals surface area contributed by atoms with Gasteiger partial charge < -0.3 is 15.2 Å². The first-order valence-electron chi connectivity index (χ1n) is 6.78. The van der Waals surface area contributed by atoms with Crippen molar-refractivity contribution in [1.82, 2.24) is 19.9 Å². The van der Waals surface area contributed by atoms with E-state index >= 15 is 0 Å². The first-order chi connectivity index (χ1) is 9.84. The molecule has 1 saturated heterocycles. The molecule has 6 nitrogen and oxygen atoms in total. The zero-order valence-electron chi connectivity index (χ0n) is 11.1. The van der Waals surface area contributed by atoms with Crippen molar-refractivity contribution in [2.45, 2.75) is 18.9 Å². The Labute approximate surface area is 117 Å². The Morgan fingerprint density at radius 1 is 1.30 bits per heavy atom. The van der Waals surface area contributed by atoms with E-state index in [2.05, 4.69) is 25.2 Å². The van der Waals surface area contributed by atoms with Crippen LogP contribution in [-0.4, -0.2) is 33.5 Å². The van der Waals surface area contributed by atoms with Gasteiger partial charge in [0, 0.05) is 12.2 Å². The molecule has 0 aromatic carbocycles. The second-order valence-electron chi connectivity index (χ2n) is 4.86. The molecule has 0 atom stereocenters. The molecule has 0 spiro atoms. The molecule has 2 aromatic heterocycles. The van der Waals surface area contributed by atoms with Crippen LogP contribution in [0.5, 0.6) is 0 Å². The molecule has 2 aromatic rings. The standard InChI is InChI=1S/C14H17N5O/c20-14(18-11-8-16-10-17-9-11)13-2-1-7-19(13)12-3-5-15-6-4-12/h1-2,7-10,12,15H,3-6H2,(H,18,20). The Bertz CT molecular complexity index is 574. The fourth-order valence-electron chi connectivity index (χ4n) is 2.55. The van der Waals surface area contributed by atoms with Crippen molar-refractivity contribution in [3.8, 4) is 0 Å². The molecule has 3 rings (SSSR count). The lowest BCUT2D eigenvalue weighted by molar-refractivity contribution is 0.101. The maximum Gasteiger partial charge on any atom is 0.272 e. The summed E-state index contributed by atoms with van der Waals surface area (Å²) in [5.74, 6) is -0.122. The number of carbonyl (C=O) groups excluding carboxylic acids is 1. The highest BCUT2D eigenvalue weighted by molar-refractivity contribution is 6.03. The number of nitrogens with one attached hydrogen (secondary N) is 2. The van der Waals surface area contributed by atoms with Gasteiger partial charge in [0.15, 0.2) is 0 Å². The zero-order chi connectivity index (χ0) is 13.8. The van der Waals surface area contributed by atoms with Gasteiger partial charge in [-0.15, -0.1) is 0 Å². The molecule has 0 saturated carbocycles. The van der Waals surface area contributed by atoms with Crippen LogP contribution in [-0.2, 0) is 0 Å². The van der Waals surface area contributed by atoms with E-state index < -0.39 is 0 Å². The van der Waals surface area contributed by atoms with E-state index in [4.69, 9.17) is 0 Å². The highest BCUT2D eigenvalue weighted by Crippen LogP contribution is 2.21. The van der Waals surface area contributed by atoms with Crippen LogP contribution >= 0.6 is 0 Å². The van der Waals surface area contributed by atoms with Gasteiger partial charge in [-0.2, -0.15) is 0 Å². The highest BCUT2D eigenvalue weighted by atomic mass is 16.1. The first kappa shape index (κ1) is 12.8. The number of carbonyl (C=O) groups is 1. The van der Waals surface area contributed by atoms with E-state index in [-0.39, 0.29) is 5.91 Å². The van der Waals surface area contributed by atoms with Crippen LogP contribution in [0.1, 0.15) is 29.4 Å². The minimum absolute atomic E-state index is 0.122. The third-order valence-electron chi connectivity index (χ3n) is 3.53. The summed E-state index contributed by atoms with van der Waals surface area (Å²) in [7, 11) is 0. The summed E-state index contributed by atoms with van der Waals surface area (Å²) in [6.07, 6.45) is 8.68. The van der Waals surface area contributed by atoms with Gasteiger partial charge >= 0.3 is 0 Å². The van der Waals surface area contributed by atoms with E-state index in [1.54, 1.807) is 12.4 Å². The minimum atomic E-state index is -0.122. The number of rotatable bonds is 3. The highest BCUT2D eigenvalue weighted by Gasteiger charge is 2.19. The second kappa shape index (κ2) is 5.83. The van der Waals surface area contributed by atoms with Gasteiger partial charge in [-0.05, 0) is 38.1 Å². The minimum Gasteiger partial charge on any atom is -0.340 e. The molecule has 1 aliphatic heterocycles. The summed E-state index contributed by atoms with van der Waals surface area (Å²) in [4.78, 5) is 20.1. The predicted octanol–water partition coefficient (Wildman–Crippen LogP) is 1.45. The summed E-state index contributed by atoms with van der Waals surface area (Å²) in [6, 6.07) is 4.15. The molecule has 2 N–H and O–H groups in total. The Balaban J connectivity index is 1.77. The van der Waals surface area contributed by atoms with Crippen molar-refractivity contribution < 1.29 is 4.79 Å². The van der Waals surface area contributed by atoms with Gasteiger partial charge in [0.05, 0.1) is 18.1 Å². The van der Waals surface area contributed by atoms with Crippen LogP contribution < -0.4 is 10.6 Å². The summed E-state index contributed by atoms with van der Waals surface area (Å²) < 4.78 is 2.07. The SMILES string of the molecule is O=C(Nc1cncnc1)c1cccn1C1CCNCC1. The molecule has 104 valence electrons. The van der Waals surface area contributed by atoms with Crippen molar-refractivity contribution in [2.75, 3.05) is 18.4 Å². The van der Waals surface area contributed by atoms with Crippen LogP contribution in [0.4, 0.5) is 5.69 Å². The quantitative estimate of drug-likeness (QED) is 0.886.